The first-order valence-electron chi connectivity index (χ1n) is 6.84. The van der Waals surface area contributed by atoms with Crippen LogP contribution in [0.1, 0.15) is 33.9 Å². The van der Waals surface area contributed by atoms with E-state index in [2.05, 4.69) is 10.0 Å². The number of nitrogens with one attached hydrogen (secondary N) is 2. The number of rotatable bonds is 6. The molecule has 1 aromatic carbocycles. The molecule has 0 bridgehead atoms. The molecule has 23 heavy (non-hydrogen) atoms. The van der Waals surface area contributed by atoms with Crippen molar-refractivity contribution in [3.05, 3.63) is 46.2 Å². The molecule has 0 aliphatic heterocycles. The molecule has 0 atom stereocenters. The van der Waals surface area contributed by atoms with Gasteiger partial charge in [-0.3, -0.25) is 14.3 Å². The van der Waals surface area contributed by atoms with Gasteiger partial charge in [-0.05, 0) is 44.2 Å². The van der Waals surface area contributed by atoms with Crippen LogP contribution in [0.25, 0.3) is 0 Å². The SMILES string of the molecule is CCNC(=O)c1cc(S(=O)(=O)Nc2ccc(C(C)=O)cc2)cs1. The van der Waals surface area contributed by atoms with Gasteiger partial charge in [-0.2, -0.15) is 0 Å². The van der Waals surface area contributed by atoms with E-state index in [-0.39, 0.29) is 16.6 Å². The number of hydrogen-bond donors (Lipinski definition) is 2. The van der Waals surface area contributed by atoms with E-state index in [1.807, 2.05) is 0 Å². The first-order valence-corrected chi connectivity index (χ1v) is 9.20. The van der Waals surface area contributed by atoms with Crippen molar-refractivity contribution < 1.29 is 18.0 Å². The molecule has 0 radical (unpaired) electrons. The molecule has 2 N–H and O–H groups in total. The van der Waals surface area contributed by atoms with Gasteiger partial charge in [-0.1, -0.05) is 0 Å². The van der Waals surface area contributed by atoms with Gasteiger partial charge >= 0.3 is 0 Å². The van der Waals surface area contributed by atoms with Crippen molar-refractivity contribution in [2.45, 2.75) is 18.7 Å². The maximum atomic E-state index is 12.3. The third-order valence-corrected chi connectivity index (χ3v) is 5.43. The first-order chi connectivity index (χ1) is 10.8. The van der Waals surface area contributed by atoms with Gasteiger partial charge in [0.15, 0.2) is 5.78 Å². The molecule has 2 rings (SSSR count). The molecule has 1 aromatic heterocycles. The molecule has 122 valence electrons. The molecular formula is C15H16N2O4S2. The van der Waals surface area contributed by atoms with Crippen molar-refractivity contribution in [3.63, 3.8) is 0 Å². The van der Waals surface area contributed by atoms with Crippen LogP contribution in [0.5, 0.6) is 0 Å². The van der Waals surface area contributed by atoms with Gasteiger partial charge in [0, 0.05) is 23.2 Å². The zero-order chi connectivity index (χ0) is 17.0. The molecule has 2 aromatic rings. The van der Waals surface area contributed by atoms with Crippen LogP contribution in [-0.4, -0.2) is 26.7 Å². The Bertz CT molecular complexity index is 823. The molecule has 1 amide bonds. The minimum atomic E-state index is -3.78. The Morgan fingerprint density at radius 1 is 1.17 bits per heavy atom. The summed E-state index contributed by atoms with van der Waals surface area (Å²) in [6, 6.07) is 7.47. The van der Waals surface area contributed by atoms with E-state index >= 15 is 0 Å². The van der Waals surface area contributed by atoms with Gasteiger partial charge in [0.1, 0.15) is 0 Å². The lowest BCUT2D eigenvalue weighted by Gasteiger charge is -2.06. The maximum absolute atomic E-state index is 12.3. The van der Waals surface area contributed by atoms with Crippen LogP contribution >= 0.6 is 11.3 Å². The molecule has 0 saturated carbocycles. The number of carbonyl (C=O) groups is 2. The lowest BCUT2D eigenvalue weighted by molar-refractivity contribution is 0.0958. The average molecular weight is 352 g/mol. The normalized spacial score (nSPS) is 11.0. The summed E-state index contributed by atoms with van der Waals surface area (Å²) < 4.78 is 27.0. The number of thiophene rings is 1. The molecule has 0 spiro atoms. The van der Waals surface area contributed by atoms with Gasteiger partial charge in [-0.25, -0.2) is 8.42 Å². The number of anilines is 1. The number of benzene rings is 1. The van der Waals surface area contributed by atoms with E-state index in [0.29, 0.717) is 22.7 Å². The first kappa shape index (κ1) is 17.2. The van der Waals surface area contributed by atoms with E-state index in [4.69, 9.17) is 0 Å². The third kappa shape index (κ3) is 4.17. The monoisotopic (exact) mass is 352 g/mol. The van der Waals surface area contributed by atoms with Gasteiger partial charge in [-0.15, -0.1) is 11.3 Å². The van der Waals surface area contributed by atoms with Gasteiger partial charge in [0.2, 0.25) is 0 Å². The predicted octanol–water partition coefficient (Wildman–Crippen LogP) is 2.50. The summed E-state index contributed by atoms with van der Waals surface area (Å²) >= 11 is 1.07. The van der Waals surface area contributed by atoms with Gasteiger partial charge in [0.25, 0.3) is 15.9 Å². The second-order valence-corrected chi connectivity index (χ2v) is 7.34. The van der Waals surface area contributed by atoms with Crippen LogP contribution < -0.4 is 10.0 Å². The highest BCUT2D eigenvalue weighted by Crippen LogP contribution is 2.22. The number of sulfonamides is 1. The summed E-state index contributed by atoms with van der Waals surface area (Å²) in [5.41, 5.74) is 0.850. The fourth-order valence-corrected chi connectivity index (χ4v) is 4.06. The fraction of sp³-hybridized carbons (Fsp3) is 0.200. The van der Waals surface area contributed by atoms with E-state index in [1.165, 1.54) is 30.5 Å². The van der Waals surface area contributed by atoms with Crippen LogP contribution in [0, 0.1) is 0 Å². The largest absolute Gasteiger partial charge is 0.352 e. The summed E-state index contributed by atoms with van der Waals surface area (Å²) in [4.78, 5) is 23.3. The third-order valence-electron chi connectivity index (χ3n) is 2.99. The second kappa shape index (κ2) is 6.93. The lowest BCUT2D eigenvalue weighted by Crippen LogP contribution is -2.21. The number of hydrogen-bond acceptors (Lipinski definition) is 5. The lowest BCUT2D eigenvalue weighted by atomic mass is 10.1. The van der Waals surface area contributed by atoms with E-state index in [0.717, 1.165) is 11.3 Å². The van der Waals surface area contributed by atoms with Crippen LogP contribution in [-0.2, 0) is 10.0 Å². The Balaban J connectivity index is 2.18. The number of ketones is 1. The second-order valence-electron chi connectivity index (χ2n) is 4.75. The maximum Gasteiger partial charge on any atom is 0.262 e. The van der Waals surface area contributed by atoms with Crippen molar-refractivity contribution in [1.82, 2.24) is 5.32 Å². The van der Waals surface area contributed by atoms with E-state index in [9.17, 15) is 18.0 Å². The molecule has 6 nitrogen and oxygen atoms in total. The van der Waals surface area contributed by atoms with Crippen molar-refractivity contribution in [3.8, 4) is 0 Å². The van der Waals surface area contributed by atoms with Crippen LogP contribution in [0.4, 0.5) is 5.69 Å². The highest BCUT2D eigenvalue weighted by atomic mass is 32.2. The Morgan fingerprint density at radius 2 is 1.83 bits per heavy atom. The summed E-state index contributed by atoms with van der Waals surface area (Å²) in [6.45, 7) is 3.70. The quantitative estimate of drug-likeness (QED) is 0.781. The molecule has 0 aliphatic carbocycles. The molecule has 0 fully saturated rings. The van der Waals surface area contributed by atoms with Crippen LogP contribution in [0.2, 0.25) is 0 Å². The van der Waals surface area contributed by atoms with Crippen molar-refractivity contribution in [1.29, 1.82) is 0 Å². The predicted molar refractivity (Wildman–Crippen MR) is 89.6 cm³/mol. The summed E-state index contributed by atoms with van der Waals surface area (Å²) in [5, 5.41) is 4.03. The number of Topliss-reactive ketones (excluding diaryl/α,β-unsaturated/α-hetero) is 1. The Labute approximate surface area is 138 Å². The van der Waals surface area contributed by atoms with Gasteiger partial charge < -0.3 is 5.32 Å². The summed E-state index contributed by atoms with van der Waals surface area (Å²) in [5.74, 6) is -0.395. The zero-order valence-electron chi connectivity index (χ0n) is 12.6. The minimum Gasteiger partial charge on any atom is -0.352 e. The topological polar surface area (TPSA) is 92.3 Å². The molecule has 0 aliphatic rings. The standard InChI is InChI=1S/C15H16N2O4S2/c1-3-16-15(19)14-8-13(9-22-14)23(20,21)17-12-6-4-11(5-7-12)10(2)18/h4-9,17H,3H2,1-2H3,(H,16,19). The minimum absolute atomic E-state index is 0.0272. The van der Waals surface area contributed by atoms with E-state index < -0.39 is 10.0 Å². The Hall–Kier alpha value is -2.19. The summed E-state index contributed by atoms with van der Waals surface area (Å²) in [7, 11) is -3.78. The molecular weight excluding hydrogens is 336 g/mol. The number of amides is 1. The van der Waals surface area contributed by atoms with Crippen molar-refractivity contribution >= 4 is 38.7 Å². The smallest absolute Gasteiger partial charge is 0.262 e. The van der Waals surface area contributed by atoms with Crippen LogP contribution in [0.3, 0.4) is 0 Å². The summed E-state index contributed by atoms with van der Waals surface area (Å²) in [6.07, 6.45) is 0. The molecule has 0 unspecified atom stereocenters. The fourth-order valence-electron chi connectivity index (χ4n) is 1.81. The highest BCUT2D eigenvalue weighted by molar-refractivity contribution is 7.92. The Kier molecular flexibility index (Phi) is 5.17. The van der Waals surface area contributed by atoms with E-state index in [1.54, 1.807) is 19.1 Å². The van der Waals surface area contributed by atoms with Crippen molar-refractivity contribution in [2.24, 2.45) is 0 Å². The van der Waals surface area contributed by atoms with Crippen molar-refractivity contribution in [2.75, 3.05) is 11.3 Å². The number of carbonyl (C=O) groups excluding carboxylic acids is 2. The zero-order valence-corrected chi connectivity index (χ0v) is 14.3. The van der Waals surface area contributed by atoms with Gasteiger partial charge in [0.05, 0.1) is 9.77 Å². The molecule has 1 heterocycles. The average Bonchev–Trinajstić information content (AvgIpc) is 2.98. The highest BCUT2D eigenvalue weighted by Gasteiger charge is 2.18. The molecule has 8 heteroatoms. The van der Waals surface area contributed by atoms with Crippen LogP contribution in [0.15, 0.2) is 40.6 Å². The Morgan fingerprint density at radius 3 is 2.39 bits per heavy atom. The molecule has 0 saturated heterocycles.